The molecule has 16 nitrogen and oxygen atoms in total. The van der Waals surface area contributed by atoms with Gasteiger partial charge in [0.25, 0.3) is 21.6 Å². The highest BCUT2D eigenvalue weighted by molar-refractivity contribution is 7.90. The first-order chi connectivity index (χ1) is 32.2. The van der Waals surface area contributed by atoms with E-state index in [9.17, 15) is 28.4 Å². The van der Waals surface area contributed by atoms with Crippen LogP contribution in [-0.2, 0) is 10.0 Å². The maximum atomic E-state index is 14.2. The number of anilines is 2. The maximum absolute atomic E-state index is 14.2. The molecular weight excluding hydrogens is 871 g/mol. The minimum Gasteiger partial charge on any atom is -0.455 e. The van der Waals surface area contributed by atoms with Crippen LogP contribution < -0.4 is 19.7 Å². The van der Waals surface area contributed by atoms with Crippen LogP contribution in [0.1, 0.15) is 118 Å². The van der Waals surface area contributed by atoms with Gasteiger partial charge in [0.15, 0.2) is 0 Å². The third-order valence-corrected chi connectivity index (χ3v) is 16.5. The number of imidazole rings is 1. The topological polar surface area (TPSA) is 212 Å². The molecule has 352 valence electrons. The number of aromatic nitrogens is 4. The zero-order valence-electron chi connectivity index (χ0n) is 38.3. The number of aliphatic hydroxyl groups is 1. The van der Waals surface area contributed by atoms with Crippen LogP contribution in [0.5, 0.6) is 11.5 Å². The average molecular weight is 930 g/mol. The Morgan fingerprint density at radius 1 is 1.00 bits per heavy atom. The van der Waals surface area contributed by atoms with E-state index >= 15 is 0 Å². The molecule has 5 N–H and O–H groups in total. The smallest absolute Gasteiger partial charge is 0.296 e. The number of fused-ring (bicyclic) bond motifs is 2. The number of carbonyl (C=O) groups is 1. The Labute approximate surface area is 390 Å². The van der Waals surface area contributed by atoms with Crippen LogP contribution in [0.2, 0.25) is 0 Å². The summed E-state index contributed by atoms with van der Waals surface area (Å²) in [5.74, 6) is 0.145. The number of pyridine rings is 1. The summed E-state index contributed by atoms with van der Waals surface area (Å²) in [5, 5.41) is 26.9. The van der Waals surface area contributed by atoms with E-state index in [0.29, 0.717) is 54.2 Å². The van der Waals surface area contributed by atoms with Crippen LogP contribution in [0.15, 0.2) is 84.3 Å². The molecule has 4 fully saturated rings. The number of H-pyrrole nitrogens is 2. The number of nitrogens with one attached hydrogen (secondary N) is 4. The van der Waals surface area contributed by atoms with Gasteiger partial charge in [-0.1, -0.05) is 38.1 Å². The summed E-state index contributed by atoms with van der Waals surface area (Å²) in [6.07, 6.45) is 14.2. The van der Waals surface area contributed by atoms with Crippen molar-refractivity contribution in [1.82, 2.24) is 29.6 Å². The summed E-state index contributed by atoms with van der Waals surface area (Å²) in [5.41, 5.74) is 3.64. The van der Waals surface area contributed by atoms with E-state index in [-0.39, 0.29) is 34.0 Å². The van der Waals surface area contributed by atoms with Crippen molar-refractivity contribution in [2.45, 2.75) is 113 Å². The number of nitrogens with zero attached hydrogens (tertiary/aromatic N) is 5. The Morgan fingerprint density at radius 2 is 1.78 bits per heavy atom. The second-order valence-electron chi connectivity index (χ2n) is 20.0. The molecule has 2 aliphatic carbocycles. The zero-order chi connectivity index (χ0) is 46.7. The minimum atomic E-state index is -4.74. The number of sulfonamides is 1. The molecule has 17 heteroatoms. The van der Waals surface area contributed by atoms with Gasteiger partial charge in [0.05, 0.1) is 34.1 Å². The standard InChI is InChI=1S/C50H59N9O7S/c1-31(2)37-7-4-5-8-38(37)40-9-6-20-58(40)35-26-50(27-35)17-21-57(22-18-50)34-10-11-39(42(24-34)66-36-23-33-14-19-51-47(33)53-29-36)48(60)56-67(64,65)43-25-41(59(62)63)44(46-45(43)54-30-55-46)52-28-32-12-15-49(3,61)16-13-32/h4-5,7-8,10-11,14,19,23-25,29-32,35,40,52,61H,6,9,12-13,15-18,20-22,26-28H2,1-3H3,(H,51,53)(H,54,55)(H,56,60)/t32?,40-,49?/m0/s1. The molecule has 0 unspecified atom stereocenters. The van der Waals surface area contributed by atoms with Crippen molar-refractivity contribution in [2.24, 2.45) is 11.3 Å². The Bertz CT molecular complexity index is 2940. The lowest BCUT2D eigenvalue weighted by molar-refractivity contribution is -0.384. The summed E-state index contributed by atoms with van der Waals surface area (Å²) in [7, 11) is -4.74. The number of rotatable bonds is 13. The van der Waals surface area contributed by atoms with Crippen LogP contribution in [0.25, 0.3) is 22.1 Å². The van der Waals surface area contributed by atoms with Gasteiger partial charge >= 0.3 is 0 Å². The predicted molar refractivity (Wildman–Crippen MR) is 257 cm³/mol. The molecule has 6 aromatic rings. The minimum absolute atomic E-state index is 0.0477. The Morgan fingerprint density at radius 3 is 2.54 bits per heavy atom. The second-order valence-corrected chi connectivity index (χ2v) is 21.7. The molecule has 1 spiro atoms. The molecule has 1 atom stereocenters. The quantitative estimate of drug-likeness (QED) is 0.0542. The average Bonchev–Trinajstić information content (AvgIpc) is 4.09. The van der Waals surface area contributed by atoms with Gasteiger partial charge in [0.1, 0.15) is 33.2 Å². The van der Waals surface area contributed by atoms with Gasteiger partial charge < -0.3 is 30.0 Å². The highest BCUT2D eigenvalue weighted by atomic mass is 32.2. The Balaban J connectivity index is 0.871. The summed E-state index contributed by atoms with van der Waals surface area (Å²) in [6.45, 7) is 9.56. The lowest BCUT2D eigenvalue weighted by Crippen LogP contribution is -2.54. The van der Waals surface area contributed by atoms with Crippen molar-refractivity contribution in [3.8, 4) is 11.5 Å². The summed E-state index contributed by atoms with van der Waals surface area (Å²) in [6, 6.07) is 19.8. The van der Waals surface area contributed by atoms with Crippen molar-refractivity contribution in [2.75, 3.05) is 36.4 Å². The van der Waals surface area contributed by atoms with Crippen molar-refractivity contribution < 1.29 is 28.0 Å². The first-order valence-electron chi connectivity index (χ1n) is 23.7. The van der Waals surface area contributed by atoms with Gasteiger partial charge in [-0.25, -0.2) is 23.1 Å². The largest absolute Gasteiger partial charge is 0.455 e. The number of ether oxygens (including phenoxy) is 1. The van der Waals surface area contributed by atoms with Gasteiger partial charge in [-0.2, -0.15) is 0 Å². The van der Waals surface area contributed by atoms with Crippen LogP contribution in [0.4, 0.5) is 17.1 Å². The highest BCUT2D eigenvalue weighted by Crippen LogP contribution is 2.54. The SMILES string of the molecule is CC(C)c1ccccc1[C@@H]1CCCN1C1CC2(CCN(c3ccc(C(=O)NS(=O)(=O)c4cc([N+](=O)[O-])c(NCC5CCC(C)(O)CC5)c5[nH]cnc45)c(Oc4cnc5[nH]ccc5c4)c3)CC2)C1. The fourth-order valence-electron chi connectivity index (χ4n) is 11.4. The van der Waals surface area contributed by atoms with E-state index in [0.717, 1.165) is 62.5 Å². The third kappa shape index (κ3) is 8.84. The third-order valence-electron chi connectivity index (χ3n) is 15.2. The van der Waals surface area contributed by atoms with Crippen molar-refractivity contribution in [3.05, 3.63) is 106 Å². The summed E-state index contributed by atoms with van der Waals surface area (Å²) >= 11 is 0. The number of nitro groups is 1. The van der Waals surface area contributed by atoms with Gasteiger partial charge in [0.2, 0.25) is 0 Å². The molecule has 4 aliphatic rings. The highest BCUT2D eigenvalue weighted by Gasteiger charge is 2.50. The van der Waals surface area contributed by atoms with E-state index < -0.39 is 37.0 Å². The van der Waals surface area contributed by atoms with Crippen LogP contribution in [-0.4, -0.2) is 87.0 Å². The molecule has 1 amide bonds. The van der Waals surface area contributed by atoms with E-state index in [4.69, 9.17) is 4.74 Å². The molecule has 2 saturated carbocycles. The normalized spacial score (nSPS) is 22.4. The molecule has 2 aliphatic heterocycles. The van der Waals surface area contributed by atoms with E-state index in [1.165, 1.54) is 49.3 Å². The maximum Gasteiger partial charge on any atom is 0.296 e. The monoisotopic (exact) mass is 929 g/mol. The van der Waals surface area contributed by atoms with Crippen LogP contribution in [0.3, 0.4) is 0 Å². The number of benzene rings is 3. The summed E-state index contributed by atoms with van der Waals surface area (Å²) < 4.78 is 37.0. The van der Waals surface area contributed by atoms with E-state index in [2.05, 4.69) is 77.9 Å². The fraction of sp³-hybridized carbons (Fsp3) is 0.460. The molecule has 2 saturated heterocycles. The molecule has 0 radical (unpaired) electrons. The Hall–Kier alpha value is -6.04. The van der Waals surface area contributed by atoms with Gasteiger partial charge in [-0.05, 0) is 130 Å². The van der Waals surface area contributed by atoms with Crippen molar-refractivity contribution in [1.29, 1.82) is 0 Å². The second kappa shape index (κ2) is 17.6. The molecule has 0 bridgehead atoms. The number of likely N-dealkylation sites (tertiary alicyclic amines) is 1. The first-order valence-corrected chi connectivity index (χ1v) is 25.2. The molecule has 67 heavy (non-hydrogen) atoms. The number of amides is 1. The van der Waals surface area contributed by atoms with E-state index in [1.54, 1.807) is 24.4 Å². The first kappa shape index (κ1) is 44.8. The molecular formula is C50H59N9O7S. The van der Waals surface area contributed by atoms with Gasteiger partial charge in [-0.3, -0.25) is 19.8 Å². The van der Waals surface area contributed by atoms with Gasteiger partial charge in [0, 0.05) is 61.1 Å². The number of hydrogen-bond acceptors (Lipinski definition) is 12. The number of nitro benzene ring substituents is 1. The lowest BCUT2D eigenvalue weighted by Gasteiger charge is -2.56. The molecule has 5 heterocycles. The fourth-order valence-corrected chi connectivity index (χ4v) is 12.5. The van der Waals surface area contributed by atoms with Crippen LogP contribution >= 0.6 is 0 Å². The predicted octanol–water partition coefficient (Wildman–Crippen LogP) is 9.32. The zero-order valence-corrected chi connectivity index (χ0v) is 39.1. The molecule has 10 rings (SSSR count). The molecule has 3 aromatic heterocycles. The molecule has 3 aromatic carbocycles. The van der Waals surface area contributed by atoms with E-state index in [1.807, 2.05) is 19.1 Å². The Kier molecular flexibility index (Phi) is 11.7. The van der Waals surface area contributed by atoms with Gasteiger partial charge in [-0.15, -0.1) is 0 Å². The number of carbonyl (C=O) groups excluding carboxylic acids is 1. The number of piperidine rings is 1. The summed E-state index contributed by atoms with van der Waals surface area (Å²) in [4.78, 5) is 45.3. The van der Waals surface area contributed by atoms with Crippen molar-refractivity contribution >= 4 is 55.1 Å². The number of hydrogen-bond donors (Lipinski definition) is 5. The van der Waals surface area contributed by atoms with Crippen molar-refractivity contribution in [3.63, 3.8) is 0 Å². The van der Waals surface area contributed by atoms with Crippen LogP contribution in [0, 0.1) is 21.4 Å². The lowest BCUT2D eigenvalue weighted by atomic mass is 9.59. The number of aromatic amines is 2.